The molecule has 2 aromatic carbocycles. The van der Waals surface area contributed by atoms with Crippen molar-refractivity contribution >= 4 is 40.8 Å². The van der Waals surface area contributed by atoms with Gasteiger partial charge in [-0.05, 0) is 80.5 Å². The van der Waals surface area contributed by atoms with Crippen molar-refractivity contribution < 1.29 is 32.2 Å². The van der Waals surface area contributed by atoms with Crippen LogP contribution in [0.25, 0.3) is 0 Å². The van der Waals surface area contributed by atoms with Crippen LogP contribution in [0.2, 0.25) is 0 Å². The third-order valence-corrected chi connectivity index (χ3v) is 11.3. The molecule has 1 saturated heterocycles. The first kappa shape index (κ1) is 35.6. The first-order chi connectivity index (χ1) is 24.9. The molecule has 278 valence electrons. The number of alkyl carbamates (subject to hydrolysis) is 1. The Hall–Kier alpha value is -4.79. The molecule has 2 amide bonds. The maximum atomic E-state index is 14.1. The summed E-state index contributed by atoms with van der Waals surface area (Å²) in [5, 5.41) is 10.9. The number of aromatic nitrogens is 2. The molecule has 52 heavy (non-hydrogen) atoms. The smallest absolute Gasteiger partial charge is 0.421 e. The van der Waals surface area contributed by atoms with Crippen LogP contribution in [0.3, 0.4) is 0 Å². The lowest BCUT2D eigenvalue weighted by Crippen LogP contribution is -2.65. The number of halogens is 3. The molecule has 15 heteroatoms. The molecule has 3 aromatic rings. The fourth-order valence-corrected chi connectivity index (χ4v) is 9.29. The monoisotopic (exact) mass is 722 g/mol. The normalized spacial score (nSPS) is 25.4. The average Bonchev–Trinajstić information content (AvgIpc) is 3.11. The third-order valence-electron chi connectivity index (χ3n) is 11.3. The summed E-state index contributed by atoms with van der Waals surface area (Å²) in [7, 11) is 4.60. The summed E-state index contributed by atoms with van der Waals surface area (Å²) in [6.07, 6.45) is 0.905. The number of benzene rings is 2. The van der Waals surface area contributed by atoms with Gasteiger partial charge in [0.1, 0.15) is 22.7 Å². The van der Waals surface area contributed by atoms with Crippen molar-refractivity contribution in [2.75, 3.05) is 62.9 Å². The number of hydrogen-bond acceptors (Lipinski definition) is 10. The van der Waals surface area contributed by atoms with Gasteiger partial charge in [0.15, 0.2) is 0 Å². The van der Waals surface area contributed by atoms with Gasteiger partial charge in [0, 0.05) is 64.3 Å². The molecule has 0 spiro atoms. The van der Waals surface area contributed by atoms with E-state index in [1.807, 2.05) is 18.2 Å². The number of nitrogens with one attached hydrogen (secondary N) is 4. The zero-order valence-electron chi connectivity index (χ0n) is 29.8. The molecular weight excluding hydrogens is 677 g/mol. The number of ether oxygens (including phenoxy) is 2. The van der Waals surface area contributed by atoms with E-state index < -0.39 is 23.5 Å². The predicted octanol–water partition coefficient (Wildman–Crippen LogP) is 6.08. The van der Waals surface area contributed by atoms with Crippen molar-refractivity contribution in [2.45, 2.75) is 56.8 Å². The molecule has 4 aliphatic carbocycles. The Balaban J connectivity index is 1.04. The lowest BCUT2D eigenvalue weighted by atomic mass is 9.51. The van der Waals surface area contributed by atoms with Crippen LogP contribution in [-0.4, -0.2) is 85.9 Å². The van der Waals surface area contributed by atoms with Crippen molar-refractivity contribution in [1.82, 2.24) is 25.5 Å². The largest absolute Gasteiger partial charge is 0.494 e. The number of piperazine rings is 1. The highest BCUT2D eigenvalue weighted by Gasteiger charge is 2.58. The Labute approximate surface area is 300 Å². The molecule has 5 fully saturated rings. The van der Waals surface area contributed by atoms with Gasteiger partial charge in [-0.25, -0.2) is 9.78 Å². The molecule has 1 aliphatic heterocycles. The number of alkyl halides is 3. The lowest BCUT2D eigenvalue weighted by molar-refractivity contribution is -0.161. The van der Waals surface area contributed by atoms with Gasteiger partial charge < -0.3 is 35.6 Å². The second kappa shape index (κ2) is 14.0. The van der Waals surface area contributed by atoms with Gasteiger partial charge in [-0.3, -0.25) is 9.69 Å². The van der Waals surface area contributed by atoms with Crippen LogP contribution < -0.4 is 30.9 Å². The van der Waals surface area contributed by atoms with Gasteiger partial charge in [0.05, 0.1) is 24.0 Å². The van der Waals surface area contributed by atoms with E-state index in [1.165, 1.54) is 33.1 Å². The fourth-order valence-electron chi connectivity index (χ4n) is 9.29. The highest BCUT2D eigenvalue weighted by Crippen LogP contribution is 2.58. The topological polar surface area (TPSA) is 133 Å². The number of carbonyl (C=O) groups excluding carboxylic acids is 2. The molecule has 2 atom stereocenters. The summed E-state index contributed by atoms with van der Waals surface area (Å²) < 4.78 is 54.0. The van der Waals surface area contributed by atoms with E-state index in [1.54, 1.807) is 26.1 Å². The Morgan fingerprint density at radius 3 is 2.35 bits per heavy atom. The quantitative estimate of drug-likeness (QED) is 0.206. The summed E-state index contributed by atoms with van der Waals surface area (Å²) in [6.45, 7) is 5.21. The van der Waals surface area contributed by atoms with Crippen LogP contribution in [-0.2, 0) is 10.9 Å². The molecule has 4 N–H and O–H groups in total. The van der Waals surface area contributed by atoms with Crippen LogP contribution in [0.1, 0.15) is 53.6 Å². The van der Waals surface area contributed by atoms with Crippen LogP contribution in [0.5, 0.6) is 5.75 Å². The minimum Gasteiger partial charge on any atom is -0.494 e. The number of aryl methyl sites for hydroxylation is 1. The second-order valence-corrected chi connectivity index (χ2v) is 14.5. The molecule has 8 rings (SSSR count). The van der Waals surface area contributed by atoms with Gasteiger partial charge in [0.2, 0.25) is 5.95 Å². The minimum absolute atomic E-state index is 0.0802. The van der Waals surface area contributed by atoms with Crippen molar-refractivity contribution in [3.05, 3.63) is 59.3 Å². The average molecular weight is 723 g/mol. The predicted molar refractivity (Wildman–Crippen MR) is 191 cm³/mol. The first-order valence-electron chi connectivity index (χ1n) is 17.8. The van der Waals surface area contributed by atoms with Crippen molar-refractivity contribution in [3.63, 3.8) is 0 Å². The second-order valence-electron chi connectivity index (χ2n) is 14.5. The molecular formula is C37H45F3N8O4. The summed E-state index contributed by atoms with van der Waals surface area (Å²) in [5.74, 6) is 1.16. The standard InChI is InChI=1S/C37H45F3N8O4/c1-21-6-5-7-26(33(49)41-2)30(21)45-32-27(37(38,39)40)20-43-34(46-32)44-28-9-8-25(16-29(28)51-4)47-10-12-48(13-11-47)31-23-14-22-15-24(31)19-36(17-22,18-23)52-35(50)42-3/h5-9,16,20,22-24,31H,10-15,17-19H2,1-4H3,(H,41,49)(H,42,50)(H2,43,44,45,46). The van der Waals surface area contributed by atoms with Gasteiger partial charge in [-0.1, -0.05) is 12.1 Å². The molecule has 4 bridgehead atoms. The molecule has 12 nitrogen and oxygen atoms in total. The van der Waals surface area contributed by atoms with Crippen molar-refractivity contribution in [2.24, 2.45) is 17.8 Å². The van der Waals surface area contributed by atoms with Gasteiger partial charge >= 0.3 is 12.3 Å². The SMILES string of the molecule is CNC(=O)OC12CC3CC(C1)C(N1CCN(c4ccc(Nc5ncc(C(F)(F)F)c(Nc6c(C)cccc6C(=O)NC)n5)c(OC)c4)CC1)C(C3)C2. The van der Waals surface area contributed by atoms with Crippen LogP contribution >= 0.6 is 0 Å². The lowest BCUT2D eigenvalue weighted by Gasteiger charge is -2.61. The summed E-state index contributed by atoms with van der Waals surface area (Å²) in [6, 6.07) is 11.1. The number of hydrogen-bond donors (Lipinski definition) is 4. The highest BCUT2D eigenvalue weighted by atomic mass is 19.4. The molecule has 2 unspecified atom stereocenters. The minimum atomic E-state index is -4.75. The summed E-state index contributed by atoms with van der Waals surface area (Å²) >= 11 is 0. The van der Waals surface area contributed by atoms with E-state index in [2.05, 4.69) is 41.0 Å². The van der Waals surface area contributed by atoms with E-state index >= 15 is 0 Å². The number of amides is 2. The van der Waals surface area contributed by atoms with E-state index in [9.17, 15) is 22.8 Å². The molecule has 1 aromatic heterocycles. The Bertz CT molecular complexity index is 1820. The number of para-hydroxylation sites is 1. The summed E-state index contributed by atoms with van der Waals surface area (Å²) in [5.41, 5.74) is 1.03. The zero-order valence-corrected chi connectivity index (χ0v) is 29.8. The van der Waals surface area contributed by atoms with Crippen LogP contribution in [0, 0.1) is 24.7 Å². The van der Waals surface area contributed by atoms with Gasteiger partial charge in [0.25, 0.3) is 5.91 Å². The number of carbonyl (C=O) groups is 2. The first-order valence-corrected chi connectivity index (χ1v) is 17.8. The fraction of sp³-hybridized carbons (Fsp3) is 0.514. The molecule has 0 radical (unpaired) electrons. The molecule has 4 saturated carbocycles. The van der Waals surface area contributed by atoms with E-state index in [0.717, 1.165) is 51.1 Å². The van der Waals surface area contributed by atoms with E-state index in [-0.39, 0.29) is 28.9 Å². The Kier molecular flexibility index (Phi) is 9.57. The molecule has 5 aliphatic rings. The highest BCUT2D eigenvalue weighted by molar-refractivity contribution is 6.00. The number of anilines is 5. The number of rotatable bonds is 9. The number of methoxy groups -OCH3 is 1. The van der Waals surface area contributed by atoms with E-state index in [4.69, 9.17) is 9.47 Å². The Morgan fingerprint density at radius 1 is 0.962 bits per heavy atom. The maximum Gasteiger partial charge on any atom is 0.421 e. The van der Waals surface area contributed by atoms with Crippen LogP contribution in [0.15, 0.2) is 42.6 Å². The van der Waals surface area contributed by atoms with Gasteiger partial charge in [-0.2, -0.15) is 18.2 Å². The van der Waals surface area contributed by atoms with E-state index in [0.29, 0.717) is 47.0 Å². The summed E-state index contributed by atoms with van der Waals surface area (Å²) in [4.78, 5) is 37.8. The molecule has 2 heterocycles. The third kappa shape index (κ3) is 6.89. The van der Waals surface area contributed by atoms with Crippen molar-refractivity contribution in [3.8, 4) is 5.75 Å². The number of nitrogens with zero attached hydrogens (tertiary/aromatic N) is 4. The Morgan fingerprint density at radius 2 is 1.69 bits per heavy atom. The van der Waals surface area contributed by atoms with Crippen LogP contribution in [0.4, 0.5) is 46.8 Å². The zero-order chi connectivity index (χ0) is 36.8. The van der Waals surface area contributed by atoms with Crippen molar-refractivity contribution in [1.29, 1.82) is 0 Å². The maximum absolute atomic E-state index is 14.1. The van der Waals surface area contributed by atoms with Gasteiger partial charge in [-0.15, -0.1) is 0 Å².